The molecule has 0 bridgehead atoms. The zero-order valence-electron chi connectivity index (χ0n) is 17.1. The van der Waals surface area contributed by atoms with Gasteiger partial charge in [0.25, 0.3) is 5.91 Å². The first-order valence-corrected chi connectivity index (χ1v) is 11.7. The van der Waals surface area contributed by atoms with Crippen molar-refractivity contribution < 1.29 is 27.2 Å². The normalized spacial score (nSPS) is 18.0. The van der Waals surface area contributed by atoms with E-state index < -0.39 is 34.1 Å². The van der Waals surface area contributed by atoms with Crippen LogP contribution in [0.3, 0.4) is 0 Å². The number of hydrogen-bond acceptors (Lipinski definition) is 7. The van der Waals surface area contributed by atoms with E-state index in [4.69, 9.17) is 9.15 Å². The average Bonchev–Trinajstić information content (AvgIpc) is 3.20. The van der Waals surface area contributed by atoms with Crippen molar-refractivity contribution in [3.8, 4) is 0 Å². The molecule has 1 saturated heterocycles. The third-order valence-corrected chi connectivity index (χ3v) is 6.75. The van der Waals surface area contributed by atoms with Gasteiger partial charge in [0.2, 0.25) is 0 Å². The van der Waals surface area contributed by atoms with E-state index in [0.29, 0.717) is 24.1 Å². The van der Waals surface area contributed by atoms with Crippen LogP contribution in [0, 0.1) is 5.92 Å². The molecule has 10 heteroatoms. The summed E-state index contributed by atoms with van der Waals surface area (Å²) in [5, 5.41) is 0. The number of para-hydroxylation sites is 2. The lowest BCUT2D eigenvalue weighted by Gasteiger charge is -2.29. The molecule has 2 aromatic rings. The number of aromatic nitrogens is 1. The van der Waals surface area contributed by atoms with Crippen molar-refractivity contribution in [3.05, 3.63) is 34.8 Å². The molecular formula is C20H26N2O7S. The number of nitrogens with zero attached hydrogens (tertiary/aromatic N) is 2. The molecule has 30 heavy (non-hydrogen) atoms. The van der Waals surface area contributed by atoms with E-state index in [1.165, 1.54) is 9.47 Å². The number of benzene rings is 1. The van der Waals surface area contributed by atoms with Crippen molar-refractivity contribution >= 4 is 32.8 Å². The van der Waals surface area contributed by atoms with Crippen LogP contribution in [0.5, 0.6) is 0 Å². The summed E-state index contributed by atoms with van der Waals surface area (Å²) in [4.78, 5) is 38.2. The van der Waals surface area contributed by atoms with Crippen LogP contribution >= 0.6 is 0 Å². The van der Waals surface area contributed by atoms with Gasteiger partial charge in [-0.15, -0.1) is 0 Å². The Kier molecular flexibility index (Phi) is 6.64. The summed E-state index contributed by atoms with van der Waals surface area (Å²) in [5.41, 5.74) is 1.01. The second-order valence-electron chi connectivity index (χ2n) is 7.89. The molecule has 1 aromatic heterocycles. The first kappa shape index (κ1) is 22.1. The number of ether oxygens (including phenoxy) is 1. The van der Waals surface area contributed by atoms with Crippen molar-refractivity contribution in [1.82, 2.24) is 9.47 Å². The topological polar surface area (TPSA) is 116 Å². The van der Waals surface area contributed by atoms with Crippen LogP contribution in [0.25, 0.3) is 11.1 Å². The fraction of sp³-hybridized carbons (Fsp3) is 0.550. The molecule has 1 atom stereocenters. The molecule has 1 amide bonds. The zero-order chi connectivity index (χ0) is 21.9. The molecule has 0 radical (unpaired) electrons. The van der Waals surface area contributed by atoms with Gasteiger partial charge in [0, 0.05) is 19.1 Å². The zero-order valence-corrected chi connectivity index (χ0v) is 17.9. The van der Waals surface area contributed by atoms with E-state index in [2.05, 4.69) is 0 Å². The van der Waals surface area contributed by atoms with Crippen molar-refractivity contribution in [2.75, 3.05) is 24.7 Å². The fourth-order valence-electron chi connectivity index (χ4n) is 3.60. The molecule has 1 aliphatic heterocycles. The minimum atomic E-state index is -3.14. The number of sulfone groups is 1. The predicted molar refractivity (Wildman–Crippen MR) is 110 cm³/mol. The van der Waals surface area contributed by atoms with Crippen molar-refractivity contribution in [2.45, 2.75) is 39.3 Å². The number of carbonyl (C=O) groups excluding carboxylic acids is 2. The van der Waals surface area contributed by atoms with Crippen molar-refractivity contribution in [3.63, 3.8) is 0 Å². The smallest absolute Gasteiger partial charge is 0.419 e. The van der Waals surface area contributed by atoms with Gasteiger partial charge < -0.3 is 14.1 Å². The molecule has 3 rings (SSSR count). The highest BCUT2D eigenvalue weighted by Crippen LogP contribution is 2.19. The maximum atomic E-state index is 12.6. The highest BCUT2D eigenvalue weighted by atomic mass is 32.2. The largest absolute Gasteiger partial charge is 0.456 e. The summed E-state index contributed by atoms with van der Waals surface area (Å²) in [6.07, 6.45) is 0.296. The Morgan fingerprint density at radius 2 is 2.03 bits per heavy atom. The Hall–Kier alpha value is -2.62. The first-order valence-electron chi connectivity index (χ1n) is 9.90. The standard InChI is InChI=1S/C20H26N2O7S/c1-14(2)11-22(15-8-10-30(26,27)13-15)18(23)12-28-19(24)7-9-21-16-5-3-4-6-17(16)29-20(21)25/h3-6,14-15H,7-13H2,1-2H3. The maximum Gasteiger partial charge on any atom is 0.419 e. The van der Waals surface area contributed by atoms with E-state index in [9.17, 15) is 22.8 Å². The van der Waals surface area contributed by atoms with E-state index in [1.807, 2.05) is 13.8 Å². The van der Waals surface area contributed by atoms with Gasteiger partial charge in [0.15, 0.2) is 22.0 Å². The summed E-state index contributed by atoms with van der Waals surface area (Å²) >= 11 is 0. The minimum Gasteiger partial charge on any atom is -0.456 e. The van der Waals surface area contributed by atoms with E-state index in [-0.39, 0.29) is 36.4 Å². The third-order valence-electron chi connectivity index (χ3n) is 5.00. The van der Waals surface area contributed by atoms with Crippen LogP contribution in [-0.2, 0) is 30.7 Å². The highest BCUT2D eigenvalue weighted by Gasteiger charge is 2.35. The fourth-order valence-corrected chi connectivity index (χ4v) is 5.33. The van der Waals surface area contributed by atoms with Gasteiger partial charge in [-0.2, -0.15) is 0 Å². The lowest BCUT2D eigenvalue weighted by atomic mass is 10.1. The van der Waals surface area contributed by atoms with Crippen LogP contribution in [0.1, 0.15) is 26.7 Å². The maximum absolute atomic E-state index is 12.6. The Morgan fingerprint density at radius 1 is 1.30 bits per heavy atom. The monoisotopic (exact) mass is 438 g/mol. The Labute approximate surface area is 174 Å². The number of aryl methyl sites for hydroxylation is 1. The number of fused-ring (bicyclic) bond motifs is 1. The van der Waals surface area contributed by atoms with Gasteiger partial charge in [-0.25, -0.2) is 13.2 Å². The van der Waals surface area contributed by atoms with Crippen LogP contribution in [0.4, 0.5) is 0 Å². The van der Waals surface area contributed by atoms with Crippen molar-refractivity contribution in [2.24, 2.45) is 5.92 Å². The summed E-state index contributed by atoms with van der Waals surface area (Å²) < 4.78 is 35.1. The Morgan fingerprint density at radius 3 is 2.70 bits per heavy atom. The summed E-state index contributed by atoms with van der Waals surface area (Å²) in [5.74, 6) is -1.45. The summed E-state index contributed by atoms with van der Waals surface area (Å²) in [6.45, 7) is 3.88. The highest BCUT2D eigenvalue weighted by molar-refractivity contribution is 7.91. The molecule has 1 fully saturated rings. The first-order chi connectivity index (χ1) is 14.2. The molecule has 0 saturated carbocycles. The minimum absolute atomic E-state index is 0.0596. The van der Waals surface area contributed by atoms with Gasteiger partial charge in [-0.1, -0.05) is 26.0 Å². The second-order valence-corrected chi connectivity index (χ2v) is 10.1. The molecule has 0 aliphatic carbocycles. The lowest BCUT2D eigenvalue weighted by molar-refractivity contribution is -0.153. The van der Waals surface area contributed by atoms with E-state index in [0.717, 1.165) is 0 Å². The van der Waals surface area contributed by atoms with Gasteiger partial charge in [-0.05, 0) is 24.5 Å². The average molecular weight is 439 g/mol. The lowest BCUT2D eigenvalue weighted by Crippen LogP contribution is -2.45. The summed E-state index contributed by atoms with van der Waals surface area (Å²) in [6, 6.07) is 6.50. The van der Waals surface area contributed by atoms with Gasteiger partial charge >= 0.3 is 11.7 Å². The second kappa shape index (κ2) is 9.03. The Bertz CT molecular complexity index is 1080. The molecule has 1 unspecified atom stereocenters. The number of amides is 1. The molecule has 1 aromatic carbocycles. The molecular weight excluding hydrogens is 412 g/mol. The predicted octanol–water partition coefficient (Wildman–Crippen LogP) is 1.20. The SMILES string of the molecule is CC(C)CN(C(=O)COC(=O)CCn1c(=O)oc2ccccc21)C1CCS(=O)(=O)C1. The van der Waals surface area contributed by atoms with Gasteiger partial charge in [0.05, 0.1) is 23.4 Å². The van der Waals surface area contributed by atoms with Crippen LogP contribution < -0.4 is 5.76 Å². The molecule has 164 valence electrons. The Balaban J connectivity index is 1.56. The molecule has 2 heterocycles. The number of esters is 1. The van der Waals surface area contributed by atoms with Crippen molar-refractivity contribution in [1.29, 1.82) is 0 Å². The van der Waals surface area contributed by atoms with Crippen LogP contribution in [0.2, 0.25) is 0 Å². The van der Waals surface area contributed by atoms with Gasteiger partial charge in [0.1, 0.15) is 0 Å². The molecule has 1 aliphatic rings. The molecule has 0 spiro atoms. The van der Waals surface area contributed by atoms with E-state index in [1.54, 1.807) is 24.3 Å². The molecule has 0 N–H and O–H groups in total. The van der Waals surface area contributed by atoms with E-state index >= 15 is 0 Å². The van der Waals surface area contributed by atoms with Gasteiger partial charge in [-0.3, -0.25) is 14.2 Å². The van der Waals surface area contributed by atoms with Crippen LogP contribution in [-0.4, -0.2) is 60.5 Å². The third kappa shape index (κ3) is 5.29. The number of carbonyl (C=O) groups is 2. The molecule has 9 nitrogen and oxygen atoms in total. The number of oxazole rings is 1. The number of hydrogen-bond donors (Lipinski definition) is 0. The van der Waals surface area contributed by atoms with Crippen LogP contribution in [0.15, 0.2) is 33.5 Å². The summed E-state index contributed by atoms with van der Waals surface area (Å²) in [7, 11) is -3.14. The number of rotatable bonds is 8. The quantitative estimate of drug-likeness (QED) is 0.569.